The Labute approximate surface area is 252 Å². The van der Waals surface area contributed by atoms with Gasteiger partial charge in [0.05, 0.1) is 6.10 Å². The molecular weight excluding hydrogens is 596 g/mol. The topological polar surface area (TPSA) is 220 Å². The van der Waals surface area contributed by atoms with Gasteiger partial charge >= 0.3 is 47.8 Å². The van der Waals surface area contributed by atoms with Gasteiger partial charge in [0.1, 0.15) is 25.4 Å². The van der Waals surface area contributed by atoms with E-state index in [-0.39, 0.29) is 6.42 Å². The van der Waals surface area contributed by atoms with Crippen molar-refractivity contribution in [2.45, 2.75) is 104 Å². The first-order chi connectivity index (χ1) is 20.5. The van der Waals surface area contributed by atoms with Gasteiger partial charge in [-0.15, -0.1) is 0 Å². The molecule has 2 rings (SSSR count). The second-order valence-electron chi connectivity index (χ2n) is 10.0. The van der Waals surface area contributed by atoms with Crippen LogP contribution in [0.25, 0.3) is 0 Å². The summed E-state index contributed by atoms with van der Waals surface area (Å²) in [6, 6.07) is 0. The van der Waals surface area contributed by atoms with Gasteiger partial charge in [-0.3, -0.25) is 33.6 Å². The maximum absolute atomic E-state index is 12.9. The third-order valence-electron chi connectivity index (χ3n) is 6.34. The molecule has 0 bridgehead atoms. The number of hydrogen-bond donors (Lipinski definition) is 0. The highest BCUT2D eigenvalue weighted by atomic mass is 16.7. The molecule has 2 aliphatic heterocycles. The first kappa shape index (κ1) is 35.9. The number of cyclic esters (lactones) is 1. The summed E-state index contributed by atoms with van der Waals surface area (Å²) in [4.78, 5) is 96.5. The average molecular weight is 633 g/mol. The lowest BCUT2D eigenvalue weighted by Gasteiger charge is -2.47. The minimum absolute atomic E-state index is 0.353. The van der Waals surface area contributed by atoms with Gasteiger partial charge in [-0.25, -0.2) is 4.79 Å². The Morgan fingerprint density at radius 1 is 0.523 bits per heavy atom. The first-order valence-corrected chi connectivity index (χ1v) is 13.5. The Morgan fingerprint density at radius 3 is 1.39 bits per heavy atom. The van der Waals surface area contributed by atoms with Gasteiger partial charge in [0, 0.05) is 54.4 Å². The third kappa shape index (κ3) is 10.5. The van der Waals surface area contributed by atoms with Crippen molar-refractivity contribution < 1.29 is 81.0 Å². The third-order valence-corrected chi connectivity index (χ3v) is 6.34. The van der Waals surface area contributed by atoms with Crippen LogP contribution in [0.4, 0.5) is 0 Å². The highest BCUT2D eigenvalue weighted by Gasteiger charge is 2.56. The van der Waals surface area contributed by atoms with E-state index in [9.17, 15) is 38.4 Å². The molecule has 2 saturated heterocycles. The summed E-state index contributed by atoms with van der Waals surface area (Å²) in [6.07, 6.45) is -12.0. The molecule has 0 aliphatic carbocycles. The molecule has 2 aliphatic rings. The van der Waals surface area contributed by atoms with Crippen LogP contribution in [-0.4, -0.2) is 110 Å². The average Bonchev–Trinajstić information content (AvgIpc) is 2.87. The zero-order valence-corrected chi connectivity index (χ0v) is 25.3. The lowest BCUT2D eigenvalue weighted by Crippen LogP contribution is -2.64. The second-order valence-corrected chi connectivity index (χ2v) is 10.0. The fourth-order valence-corrected chi connectivity index (χ4v) is 4.93. The molecule has 0 aromatic carbocycles. The largest absolute Gasteiger partial charge is 0.463 e. The number of rotatable bonds is 11. The number of esters is 8. The van der Waals surface area contributed by atoms with E-state index in [1.165, 1.54) is 0 Å². The summed E-state index contributed by atoms with van der Waals surface area (Å²) in [5.41, 5.74) is 0. The van der Waals surface area contributed by atoms with Crippen LogP contribution in [0.5, 0.6) is 0 Å². The quantitative estimate of drug-likeness (QED) is 0.206. The highest BCUT2D eigenvalue weighted by Crippen LogP contribution is 2.37. The molecule has 0 saturated carbocycles. The molecule has 9 atom stereocenters. The molecule has 0 N–H and O–H groups in total. The normalized spacial score (nSPS) is 29.6. The Morgan fingerprint density at radius 2 is 0.932 bits per heavy atom. The van der Waals surface area contributed by atoms with Crippen LogP contribution in [-0.2, 0) is 81.0 Å². The standard InChI is InChI=1S/C27H36O17/c1-11(28)36-9-20-18(22(38-13(3)30)26(27(35)44-20)42-17(7)34)8-19-23(39-14(4)31)25(41-16(6)33)24(40-15(5)32)21(43-19)10-37-12(2)29/h18-26H,8-10H2,1-7H3/t18-,19+,20-,21+,22+,23-,24+,25+,26+/m0/s1. The van der Waals surface area contributed by atoms with E-state index in [2.05, 4.69) is 0 Å². The molecule has 0 aromatic heterocycles. The van der Waals surface area contributed by atoms with Crippen LogP contribution in [0.3, 0.4) is 0 Å². The number of carbonyl (C=O) groups excluding carboxylic acids is 8. The Kier molecular flexibility index (Phi) is 13.0. The minimum Gasteiger partial charge on any atom is -0.463 e. The lowest BCUT2D eigenvalue weighted by molar-refractivity contribution is -0.260. The van der Waals surface area contributed by atoms with Crippen LogP contribution in [0.2, 0.25) is 0 Å². The van der Waals surface area contributed by atoms with Crippen molar-refractivity contribution in [3.05, 3.63) is 0 Å². The molecule has 0 radical (unpaired) electrons. The Balaban J connectivity index is 2.67. The molecule has 246 valence electrons. The number of carbonyl (C=O) groups is 8. The molecule has 17 nitrogen and oxygen atoms in total. The van der Waals surface area contributed by atoms with Crippen molar-refractivity contribution in [1.82, 2.24) is 0 Å². The van der Waals surface area contributed by atoms with E-state index < -0.39 is 116 Å². The van der Waals surface area contributed by atoms with Crippen LogP contribution >= 0.6 is 0 Å². The maximum Gasteiger partial charge on any atom is 0.351 e. The fraction of sp³-hybridized carbons (Fsp3) is 0.704. The predicted molar refractivity (Wildman–Crippen MR) is 138 cm³/mol. The van der Waals surface area contributed by atoms with Crippen LogP contribution in [0.15, 0.2) is 0 Å². The monoisotopic (exact) mass is 632 g/mol. The van der Waals surface area contributed by atoms with E-state index in [4.69, 9.17) is 42.6 Å². The predicted octanol–water partition coefficient (Wildman–Crippen LogP) is -0.530. The zero-order valence-electron chi connectivity index (χ0n) is 25.3. The molecule has 0 unspecified atom stereocenters. The molecule has 2 heterocycles. The van der Waals surface area contributed by atoms with Crippen LogP contribution in [0.1, 0.15) is 54.9 Å². The molecule has 0 spiro atoms. The van der Waals surface area contributed by atoms with Crippen molar-refractivity contribution >= 4 is 47.8 Å². The van der Waals surface area contributed by atoms with E-state index in [1.54, 1.807) is 0 Å². The van der Waals surface area contributed by atoms with E-state index in [0.717, 1.165) is 48.5 Å². The van der Waals surface area contributed by atoms with E-state index in [0.29, 0.717) is 0 Å². The van der Waals surface area contributed by atoms with Crippen molar-refractivity contribution in [2.75, 3.05) is 13.2 Å². The van der Waals surface area contributed by atoms with Crippen molar-refractivity contribution in [2.24, 2.45) is 5.92 Å². The minimum atomic E-state index is -1.75. The van der Waals surface area contributed by atoms with Gasteiger partial charge in [0.2, 0.25) is 6.10 Å². The maximum atomic E-state index is 12.9. The van der Waals surface area contributed by atoms with E-state index in [1.807, 2.05) is 0 Å². The van der Waals surface area contributed by atoms with Crippen molar-refractivity contribution in [3.63, 3.8) is 0 Å². The Bertz CT molecular complexity index is 1130. The number of hydrogen-bond acceptors (Lipinski definition) is 17. The summed E-state index contributed by atoms with van der Waals surface area (Å²) in [5, 5.41) is 0. The summed E-state index contributed by atoms with van der Waals surface area (Å²) < 4.78 is 48.5. The van der Waals surface area contributed by atoms with Gasteiger partial charge < -0.3 is 42.6 Å². The highest BCUT2D eigenvalue weighted by molar-refractivity contribution is 5.81. The summed E-state index contributed by atoms with van der Waals surface area (Å²) in [6.45, 7) is 6.40. The van der Waals surface area contributed by atoms with E-state index >= 15 is 0 Å². The summed E-state index contributed by atoms with van der Waals surface area (Å²) >= 11 is 0. The van der Waals surface area contributed by atoms with Gasteiger partial charge in [-0.05, 0) is 6.42 Å². The molecule has 0 amide bonds. The van der Waals surface area contributed by atoms with Crippen LogP contribution in [0, 0.1) is 5.92 Å². The molecule has 2 fully saturated rings. The fourth-order valence-electron chi connectivity index (χ4n) is 4.93. The number of ether oxygens (including phenoxy) is 9. The SMILES string of the molecule is CC(=O)OC[C@@H]1OC(=O)[C@H](OC(C)=O)[C@H](OC(C)=O)[C@H]1C[C@H]1O[C@H](COC(C)=O)[C@@H](OC(C)=O)[C@H](OC(C)=O)[C@H]1OC(C)=O. The van der Waals surface area contributed by atoms with Crippen LogP contribution < -0.4 is 0 Å². The molecular formula is C27H36O17. The van der Waals surface area contributed by atoms with Gasteiger partial charge in [-0.2, -0.15) is 0 Å². The molecule has 0 aromatic rings. The van der Waals surface area contributed by atoms with Gasteiger partial charge in [0.15, 0.2) is 24.4 Å². The molecule has 44 heavy (non-hydrogen) atoms. The summed E-state index contributed by atoms with van der Waals surface area (Å²) in [5.74, 6) is -8.06. The lowest BCUT2D eigenvalue weighted by atomic mass is 9.81. The smallest absolute Gasteiger partial charge is 0.351 e. The van der Waals surface area contributed by atoms with Crippen molar-refractivity contribution in [3.8, 4) is 0 Å². The molecule has 17 heteroatoms. The first-order valence-electron chi connectivity index (χ1n) is 13.5. The second kappa shape index (κ2) is 16.0. The Hall–Kier alpha value is -4.28. The van der Waals surface area contributed by atoms with Crippen molar-refractivity contribution in [1.29, 1.82) is 0 Å². The van der Waals surface area contributed by atoms with Gasteiger partial charge in [0.25, 0.3) is 0 Å². The summed E-state index contributed by atoms with van der Waals surface area (Å²) in [7, 11) is 0. The van der Waals surface area contributed by atoms with Gasteiger partial charge in [-0.1, -0.05) is 0 Å². The zero-order chi connectivity index (χ0) is 33.3.